The lowest BCUT2D eigenvalue weighted by Gasteiger charge is -2.01. The van der Waals surface area contributed by atoms with Crippen LogP contribution < -0.4 is 0 Å². The van der Waals surface area contributed by atoms with Crippen molar-refractivity contribution in [2.24, 2.45) is 7.05 Å². The van der Waals surface area contributed by atoms with Gasteiger partial charge in [0.25, 0.3) is 0 Å². The summed E-state index contributed by atoms with van der Waals surface area (Å²) in [7, 11) is 2.18. The maximum Gasteiger partial charge on any atom is 0.0544 e. The van der Waals surface area contributed by atoms with Crippen LogP contribution in [0.25, 0.3) is 65.2 Å². The van der Waals surface area contributed by atoms with Crippen LogP contribution in [-0.2, 0) is 7.05 Å². The van der Waals surface area contributed by atoms with E-state index in [1.807, 2.05) is 0 Å². The lowest BCUT2D eigenvalue weighted by Crippen LogP contribution is -1.86. The Kier molecular flexibility index (Phi) is 2.71. The van der Waals surface area contributed by atoms with Gasteiger partial charge in [0.05, 0.1) is 5.52 Å². The fraction of sp³-hybridized carbons (Fsp3) is 0.0370. The maximum absolute atomic E-state index is 3.71. The highest BCUT2D eigenvalue weighted by Gasteiger charge is 2.16. The molecule has 0 amide bonds. The molecule has 1 N–H and O–H groups in total. The van der Waals surface area contributed by atoms with Gasteiger partial charge in [0, 0.05) is 50.5 Å². The summed E-state index contributed by atoms with van der Waals surface area (Å²) in [6.07, 6.45) is 0. The normalized spacial score (nSPS) is 12.3. The molecule has 7 rings (SSSR count). The largest absolute Gasteiger partial charge is 0.354 e. The third-order valence-electron chi connectivity index (χ3n) is 6.50. The quantitative estimate of drug-likeness (QED) is 0.290. The molecule has 0 fully saturated rings. The van der Waals surface area contributed by atoms with Gasteiger partial charge in [0.2, 0.25) is 0 Å². The highest BCUT2D eigenvalue weighted by molar-refractivity contribution is 6.31. The fourth-order valence-corrected chi connectivity index (χ4v) is 5.11. The Morgan fingerprint density at radius 1 is 0.586 bits per heavy atom. The van der Waals surface area contributed by atoms with Crippen molar-refractivity contribution in [2.45, 2.75) is 0 Å². The van der Waals surface area contributed by atoms with Crippen molar-refractivity contribution in [2.75, 3.05) is 0 Å². The van der Waals surface area contributed by atoms with E-state index in [1.54, 1.807) is 0 Å². The van der Waals surface area contributed by atoms with E-state index in [-0.39, 0.29) is 0 Å². The van der Waals surface area contributed by atoms with E-state index in [4.69, 9.17) is 0 Å². The van der Waals surface area contributed by atoms with Crippen molar-refractivity contribution in [3.05, 3.63) is 84.9 Å². The fourth-order valence-electron chi connectivity index (χ4n) is 5.11. The second-order valence-corrected chi connectivity index (χ2v) is 7.99. The molecule has 0 bridgehead atoms. The van der Waals surface area contributed by atoms with Gasteiger partial charge in [0.15, 0.2) is 0 Å². The number of H-pyrrole nitrogens is 1. The summed E-state index contributed by atoms with van der Waals surface area (Å²) < 4.78 is 2.33. The average molecular weight is 370 g/mol. The van der Waals surface area contributed by atoms with Crippen molar-refractivity contribution in [3.63, 3.8) is 0 Å². The molecule has 0 atom stereocenters. The van der Waals surface area contributed by atoms with Crippen molar-refractivity contribution >= 4 is 65.2 Å². The molecule has 0 unspecified atom stereocenters. The summed E-state index contributed by atoms with van der Waals surface area (Å²) in [5, 5.41) is 10.4. The second-order valence-electron chi connectivity index (χ2n) is 7.99. The molecule has 7 aromatic rings. The zero-order valence-electron chi connectivity index (χ0n) is 16.0. The molecule has 2 heteroatoms. The van der Waals surface area contributed by atoms with Crippen LogP contribution in [0.5, 0.6) is 0 Å². The summed E-state index contributed by atoms with van der Waals surface area (Å²) >= 11 is 0. The lowest BCUT2D eigenvalue weighted by atomic mass is 10.0. The number of aryl methyl sites for hydroxylation is 1. The smallest absolute Gasteiger partial charge is 0.0544 e. The Morgan fingerprint density at radius 2 is 1.34 bits per heavy atom. The van der Waals surface area contributed by atoms with E-state index in [0.717, 1.165) is 0 Å². The van der Waals surface area contributed by atoms with Crippen molar-refractivity contribution < 1.29 is 0 Å². The second kappa shape index (κ2) is 5.18. The van der Waals surface area contributed by atoms with E-state index < -0.39 is 0 Å². The number of aromatic nitrogens is 2. The number of nitrogens with zero attached hydrogens (tertiary/aromatic N) is 1. The molecule has 0 aliphatic rings. The number of aromatic amines is 1. The lowest BCUT2D eigenvalue weighted by molar-refractivity contribution is 1.02. The number of nitrogens with one attached hydrogen (secondary N) is 1. The molecular weight excluding hydrogens is 352 g/mol. The van der Waals surface area contributed by atoms with Gasteiger partial charge in [-0.05, 0) is 40.4 Å². The first kappa shape index (κ1) is 15.2. The molecule has 0 aliphatic carbocycles. The van der Waals surface area contributed by atoms with Crippen LogP contribution in [0.4, 0.5) is 0 Å². The molecular formula is C27H18N2. The van der Waals surface area contributed by atoms with Crippen LogP contribution in [0.15, 0.2) is 84.9 Å². The summed E-state index contributed by atoms with van der Waals surface area (Å²) in [5.41, 5.74) is 4.98. The van der Waals surface area contributed by atoms with Crippen LogP contribution in [0.3, 0.4) is 0 Å². The minimum atomic E-state index is 1.20. The summed E-state index contributed by atoms with van der Waals surface area (Å²) in [6, 6.07) is 30.9. The van der Waals surface area contributed by atoms with Gasteiger partial charge in [-0.25, -0.2) is 0 Å². The number of fused-ring (bicyclic) bond motifs is 10. The Labute approximate surface area is 167 Å². The molecule has 0 radical (unpaired) electrons. The molecule has 0 saturated carbocycles. The zero-order chi connectivity index (χ0) is 19.1. The highest BCUT2D eigenvalue weighted by Crippen LogP contribution is 2.40. The van der Waals surface area contributed by atoms with Crippen molar-refractivity contribution in [1.82, 2.24) is 9.55 Å². The van der Waals surface area contributed by atoms with Crippen LogP contribution in [-0.4, -0.2) is 9.55 Å². The third kappa shape index (κ3) is 1.86. The number of hydrogen-bond donors (Lipinski definition) is 1. The minimum Gasteiger partial charge on any atom is -0.354 e. The molecule has 2 nitrogen and oxygen atoms in total. The Hall–Kier alpha value is -3.78. The van der Waals surface area contributed by atoms with Crippen molar-refractivity contribution in [3.8, 4) is 0 Å². The first-order chi connectivity index (χ1) is 14.3. The van der Waals surface area contributed by atoms with E-state index in [0.29, 0.717) is 0 Å². The van der Waals surface area contributed by atoms with Crippen molar-refractivity contribution in [1.29, 1.82) is 0 Å². The number of benzene rings is 5. The van der Waals surface area contributed by atoms with Crippen LogP contribution in [0.2, 0.25) is 0 Å². The Bertz CT molecular complexity index is 1760. The third-order valence-corrected chi connectivity index (χ3v) is 6.50. The predicted molar refractivity (Wildman–Crippen MR) is 125 cm³/mol. The molecule has 5 aromatic carbocycles. The molecule has 0 saturated heterocycles. The van der Waals surface area contributed by atoms with Gasteiger partial charge in [-0.1, -0.05) is 60.7 Å². The van der Waals surface area contributed by atoms with E-state index in [9.17, 15) is 0 Å². The summed E-state index contributed by atoms with van der Waals surface area (Å²) in [4.78, 5) is 3.71. The SMILES string of the molecule is Cn1c2cc3ccccc3cc2c2c3c(ccc21)[nH]c1c2ccccc2ccc13. The number of rotatable bonds is 0. The molecule has 136 valence electrons. The highest BCUT2D eigenvalue weighted by atomic mass is 14.9. The van der Waals surface area contributed by atoms with Gasteiger partial charge < -0.3 is 9.55 Å². The van der Waals surface area contributed by atoms with Gasteiger partial charge in [-0.3, -0.25) is 0 Å². The first-order valence-electron chi connectivity index (χ1n) is 10.0. The van der Waals surface area contributed by atoms with E-state index in [2.05, 4.69) is 102 Å². The average Bonchev–Trinajstić information content (AvgIpc) is 3.28. The van der Waals surface area contributed by atoms with Crippen LogP contribution >= 0.6 is 0 Å². The van der Waals surface area contributed by atoms with Gasteiger partial charge in [-0.15, -0.1) is 0 Å². The number of hydrogen-bond acceptors (Lipinski definition) is 0. The van der Waals surface area contributed by atoms with E-state index in [1.165, 1.54) is 65.2 Å². The summed E-state index contributed by atoms with van der Waals surface area (Å²) in [5.74, 6) is 0. The van der Waals surface area contributed by atoms with Gasteiger partial charge in [0.1, 0.15) is 0 Å². The Morgan fingerprint density at radius 3 is 2.21 bits per heavy atom. The summed E-state index contributed by atoms with van der Waals surface area (Å²) in [6.45, 7) is 0. The Balaban J connectivity index is 1.77. The molecule has 2 heterocycles. The zero-order valence-corrected chi connectivity index (χ0v) is 16.0. The predicted octanol–water partition coefficient (Wildman–Crippen LogP) is 7.27. The molecule has 2 aromatic heterocycles. The topological polar surface area (TPSA) is 20.7 Å². The van der Waals surface area contributed by atoms with Gasteiger partial charge in [-0.2, -0.15) is 0 Å². The maximum atomic E-state index is 3.71. The molecule has 29 heavy (non-hydrogen) atoms. The monoisotopic (exact) mass is 370 g/mol. The van der Waals surface area contributed by atoms with E-state index >= 15 is 0 Å². The molecule has 0 spiro atoms. The van der Waals surface area contributed by atoms with Crippen LogP contribution in [0, 0.1) is 0 Å². The van der Waals surface area contributed by atoms with Gasteiger partial charge >= 0.3 is 0 Å². The van der Waals surface area contributed by atoms with Crippen LogP contribution in [0.1, 0.15) is 0 Å². The molecule has 0 aliphatic heterocycles. The first-order valence-corrected chi connectivity index (χ1v) is 10.0. The minimum absolute atomic E-state index is 1.20. The standard InChI is InChI=1S/C27H18N2/c1-29-23-13-12-22-25(20-11-10-16-6-4-5-9-19(16)27(20)28-22)26(23)21-14-17-7-2-3-8-18(17)15-24(21)29/h2-15,28H,1H3.